The monoisotopic (exact) mass is 307 g/mol. The summed E-state index contributed by atoms with van der Waals surface area (Å²) in [5, 5.41) is 2.14. The molecule has 17 heavy (non-hydrogen) atoms. The van der Waals surface area contributed by atoms with Gasteiger partial charge >= 0.3 is 6.09 Å². The molecule has 0 saturated carbocycles. The first kappa shape index (κ1) is 13.9. The lowest BCUT2D eigenvalue weighted by Crippen LogP contribution is -2.27. The number of nitrogens with one attached hydrogen (secondary N) is 1. The Balaban J connectivity index is 2.82. The molecule has 0 atom stereocenters. The zero-order valence-corrected chi connectivity index (χ0v) is 11.2. The van der Waals surface area contributed by atoms with Crippen molar-refractivity contribution in [3.8, 4) is 0 Å². The molecule has 1 aromatic carbocycles. The summed E-state index contributed by atoms with van der Waals surface area (Å²) >= 11 is 2.84. The van der Waals surface area contributed by atoms with E-state index in [-0.39, 0.29) is 10.2 Å². The van der Waals surface area contributed by atoms with Crippen molar-refractivity contribution in [3.63, 3.8) is 0 Å². The van der Waals surface area contributed by atoms with Gasteiger partial charge in [0, 0.05) is 6.07 Å². The number of carbonyl (C=O) groups excluding carboxylic acids is 1. The van der Waals surface area contributed by atoms with E-state index >= 15 is 0 Å². The van der Waals surface area contributed by atoms with E-state index in [0.29, 0.717) is 0 Å². The van der Waals surface area contributed by atoms with Crippen LogP contribution in [0.15, 0.2) is 16.6 Å². The van der Waals surface area contributed by atoms with Gasteiger partial charge < -0.3 is 4.74 Å². The van der Waals surface area contributed by atoms with Gasteiger partial charge in [0.1, 0.15) is 17.2 Å². The Hall–Kier alpha value is -1.17. The number of rotatable bonds is 1. The predicted octanol–water partition coefficient (Wildman–Crippen LogP) is 4.07. The first-order valence-corrected chi connectivity index (χ1v) is 5.63. The van der Waals surface area contributed by atoms with Crippen molar-refractivity contribution < 1.29 is 18.3 Å². The molecule has 0 spiro atoms. The molecule has 0 aliphatic heterocycles. The molecular weight excluding hydrogens is 296 g/mol. The van der Waals surface area contributed by atoms with Gasteiger partial charge in [-0.05, 0) is 42.8 Å². The van der Waals surface area contributed by atoms with E-state index in [0.717, 1.165) is 12.1 Å². The van der Waals surface area contributed by atoms with Gasteiger partial charge in [-0.3, -0.25) is 5.32 Å². The standard InChI is InChI=1S/C11H12BrF2NO2/c1-11(2,3)17-10(16)15-9-5-7(13)6(12)4-8(9)14/h4-5H,1-3H3,(H,15,16). The number of anilines is 1. The van der Waals surface area contributed by atoms with E-state index in [1.54, 1.807) is 20.8 Å². The Kier molecular flexibility index (Phi) is 4.08. The van der Waals surface area contributed by atoms with E-state index in [1.807, 2.05) is 0 Å². The lowest BCUT2D eigenvalue weighted by molar-refractivity contribution is 0.0635. The normalized spacial score (nSPS) is 11.2. The molecular formula is C11H12BrF2NO2. The fraction of sp³-hybridized carbons (Fsp3) is 0.364. The third kappa shape index (κ3) is 4.30. The molecule has 94 valence electrons. The summed E-state index contributed by atoms with van der Waals surface area (Å²) in [5.74, 6) is -1.42. The molecule has 0 aliphatic carbocycles. The Morgan fingerprint density at radius 1 is 1.29 bits per heavy atom. The van der Waals surface area contributed by atoms with E-state index in [1.165, 1.54) is 0 Å². The van der Waals surface area contributed by atoms with Crippen molar-refractivity contribution in [1.29, 1.82) is 0 Å². The van der Waals surface area contributed by atoms with Crippen molar-refractivity contribution >= 4 is 27.7 Å². The number of halogens is 3. The SMILES string of the molecule is CC(C)(C)OC(=O)Nc1cc(F)c(Br)cc1F. The van der Waals surface area contributed by atoms with E-state index in [2.05, 4.69) is 21.2 Å². The number of ether oxygens (including phenoxy) is 1. The molecule has 1 aromatic rings. The van der Waals surface area contributed by atoms with Crippen LogP contribution in [-0.2, 0) is 4.74 Å². The summed E-state index contributed by atoms with van der Waals surface area (Å²) in [6.07, 6.45) is -0.835. The average Bonchev–Trinajstić information content (AvgIpc) is 2.11. The van der Waals surface area contributed by atoms with Crippen LogP contribution in [0, 0.1) is 11.6 Å². The maximum atomic E-state index is 13.4. The summed E-state index contributed by atoms with van der Waals surface area (Å²) in [6.45, 7) is 5.02. The van der Waals surface area contributed by atoms with Crippen LogP contribution in [0.1, 0.15) is 20.8 Å². The molecule has 6 heteroatoms. The van der Waals surface area contributed by atoms with E-state index in [9.17, 15) is 13.6 Å². The zero-order chi connectivity index (χ0) is 13.2. The second-order valence-corrected chi connectivity index (χ2v) is 5.23. The molecule has 1 N–H and O–H groups in total. The molecule has 0 radical (unpaired) electrons. The Morgan fingerprint density at radius 3 is 2.41 bits per heavy atom. The van der Waals surface area contributed by atoms with Crippen molar-refractivity contribution in [2.45, 2.75) is 26.4 Å². The lowest BCUT2D eigenvalue weighted by atomic mass is 10.2. The van der Waals surface area contributed by atoms with Gasteiger partial charge in [-0.25, -0.2) is 13.6 Å². The van der Waals surface area contributed by atoms with Crippen LogP contribution in [0.2, 0.25) is 0 Å². The van der Waals surface area contributed by atoms with Gasteiger partial charge in [-0.1, -0.05) is 0 Å². The third-order valence-electron chi connectivity index (χ3n) is 1.65. The minimum atomic E-state index is -0.835. The topological polar surface area (TPSA) is 38.3 Å². The Labute approximate surface area is 106 Å². The molecule has 0 aliphatic rings. The number of hydrogen-bond acceptors (Lipinski definition) is 2. The number of carbonyl (C=O) groups is 1. The molecule has 0 heterocycles. The number of amides is 1. The first-order valence-electron chi connectivity index (χ1n) is 4.83. The number of benzene rings is 1. The van der Waals surface area contributed by atoms with Crippen molar-refractivity contribution in [2.75, 3.05) is 5.32 Å². The van der Waals surface area contributed by atoms with Gasteiger partial charge in [-0.2, -0.15) is 0 Å². The third-order valence-corrected chi connectivity index (χ3v) is 2.25. The highest BCUT2D eigenvalue weighted by molar-refractivity contribution is 9.10. The van der Waals surface area contributed by atoms with Crippen LogP contribution in [0.25, 0.3) is 0 Å². The Bertz CT molecular complexity index is 444. The fourth-order valence-corrected chi connectivity index (χ4v) is 1.35. The van der Waals surface area contributed by atoms with Gasteiger partial charge in [0.15, 0.2) is 0 Å². The number of hydrogen-bond donors (Lipinski definition) is 1. The highest BCUT2D eigenvalue weighted by atomic mass is 79.9. The molecule has 3 nitrogen and oxygen atoms in total. The fourth-order valence-electron chi connectivity index (χ4n) is 1.03. The quantitative estimate of drug-likeness (QED) is 0.794. The molecule has 0 saturated heterocycles. The molecule has 0 fully saturated rings. The summed E-state index contributed by atoms with van der Waals surface area (Å²) in [5.41, 5.74) is -0.964. The maximum Gasteiger partial charge on any atom is 0.412 e. The minimum absolute atomic E-state index is 0.00950. The van der Waals surface area contributed by atoms with Crippen LogP contribution in [0.3, 0.4) is 0 Å². The van der Waals surface area contributed by atoms with Crippen LogP contribution < -0.4 is 5.32 Å². The smallest absolute Gasteiger partial charge is 0.412 e. The van der Waals surface area contributed by atoms with Crippen LogP contribution in [0.4, 0.5) is 19.3 Å². The second kappa shape index (κ2) is 5.00. The van der Waals surface area contributed by atoms with Crippen molar-refractivity contribution in [3.05, 3.63) is 28.2 Å². The van der Waals surface area contributed by atoms with Crippen LogP contribution in [-0.4, -0.2) is 11.7 Å². The van der Waals surface area contributed by atoms with Crippen LogP contribution in [0.5, 0.6) is 0 Å². The van der Waals surface area contributed by atoms with E-state index in [4.69, 9.17) is 4.74 Å². The van der Waals surface area contributed by atoms with Gasteiger partial charge in [0.05, 0.1) is 10.2 Å². The largest absolute Gasteiger partial charge is 0.444 e. The van der Waals surface area contributed by atoms with Gasteiger partial charge in [-0.15, -0.1) is 0 Å². The first-order chi connectivity index (χ1) is 7.69. The zero-order valence-electron chi connectivity index (χ0n) is 9.61. The van der Waals surface area contributed by atoms with Crippen molar-refractivity contribution in [1.82, 2.24) is 0 Å². The average molecular weight is 308 g/mol. The second-order valence-electron chi connectivity index (χ2n) is 4.37. The molecule has 1 amide bonds. The summed E-state index contributed by atoms with van der Waals surface area (Å²) < 4.78 is 31.4. The van der Waals surface area contributed by atoms with Gasteiger partial charge in [0.2, 0.25) is 0 Å². The van der Waals surface area contributed by atoms with Crippen molar-refractivity contribution in [2.24, 2.45) is 0 Å². The molecule has 0 bridgehead atoms. The Morgan fingerprint density at radius 2 is 1.88 bits per heavy atom. The summed E-state index contributed by atoms with van der Waals surface area (Å²) in [6, 6.07) is 1.81. The molecule has 1 rings (SSSR count). The van der Waals surface area contributed by atoms with Gasteiger partial charge in [0.25, 0.3) is 0 Å². The predicted molar refractivity (Wildman–Crippen MR) is 63.9 cm³/mol. The summed E-state index contributed by atoms with van der Waals surface area (Å²) in [4.78, 5) is 11.3. The maximum absolute atomic E-state index is 13.4. The van der Waals surface area contributed by atoms with Crippen LogP contribution >= 0.6 is 15.9 Å². The highest BCUT2D eigenvalue weighted by Crippen LogP contribution is 2.23. The lowest BCUT2D eigenvalue weighted by Gasteiger charge is -2.19. The highest BCUT2D eigenvalue weighted by Gasteiger charge is 2.18. The minimum Gasteiger partial charge on any atom is -0.444 e. The molecule has 0 unspecified atom stereocenters. The molecule has 0 aromatic heterocycles. The van der Waals surface area contributed by atoms with E-state index < -0.39 is 23.3 Å². The summed E-state index contributed by atoms with van der Waals surface area (Å²) in [7, 11) is 0.